The number of hydrogen-bond acceptors (Lipinski definition) is 4. The first-order valence-corrected chi connectivity index (χ1v) is 4.77. The van der Waals surface area contributed by atoms with Gasteiger partial charge in [0.1, 0.15) is 11.5 Å². The molecule has 0 spiro atoms. The SMILES string of the molecule is Oc1ccc(OC(F)(F)F)cc1C1OCCO1. The van der Waals surface area contributed by atoms with E-state index in [1.54, 1.807) is 0 Å². The number of phenolic OH excluding ortho intramolecular Hbond substituents is 1. The first-order chi connectivity index (χ1) is 7.96. The molecule has 1 N–H and O–H groups in total. The molecule has 0 aromatic heterocycles. The van der Waals surface area contributed by atoms with Crippen molar-refractivity contribution in [2.24, 2.45) is 0 Å². The summed E-state index contributed by atoms with van der Waals surface area (Å²) >= 11 is 0. The molecule has 1 fully saturated rings. The van der Waals surface area contributed by atoms with Crippen LogP contribution in [0.5, 0.6) is 11.5 Å². The molecule has 7 heteroatoms. The van der Waals surface area contributed by atoms with E-state index in [4.69, 9.17) is 9.47 Å². The van der Waals surface area contributed by atoms with Gasteiger partial charge in [-0.2, -0.15) is 0 Å². The quantitative estimate of drug-likeness (QED) is 0.875. The van der Waals surface area contributed by atoms with Crippen LogP contribution in [0, 0.1) is 0 Å². The number of aromatic hydroxyl groups is 1. The highest BCUT2D eigenvalue weighted by Gasteiger charge is 2.32. The van der Waals surface area contributed by atoms with Gasteiger partial charge in [0.15, 0.2) is 6.29 Å². The maximum absolute atomic E-state index is 12.0. The highest BCUT2D eigenvalue weighted by molar-refractivity contribution is 5.40. The van der Waals surface area contributed by atoms with Gasteiger partial charge >= 0.3 is 6.36 Å². The summed E-state index contributed by atoms with van der Waals surface area (Å²) in [6.07, 6.45) is -5.63. The Bertz CT molecular complexity index is 399. The van der Waals surface area contributed by atoms with Gasteiger partial charge in [-0.3, -0.25) is 0 Å². The lowest BCUT2D eigenvalue weighted by molar-refractivity contribution is -0.274. The van der Waals surface area contributed by atoms with Gasteiger partial charge in [0, 0.05) is 0 Å². The Kier molecular flexibility index (Phi) is 3.12. The monoisotopic (exact) mass is 250 g/mol. The number of phenols is 1. The Morgan fingerprint density at radius 3 is 2.47 bits per heavy atom. The Morgan fingerprint density at radius 1 is 1.24 bits per heavy atom. The fraction of sp³-hybridized carbons (Fsp3) is 0.400. The topological polar surface area (TPSA) is 47.9 Å². The molecule has 1 heterocycles. The molecule has 17 heavy (non-hydrogen) atoms. The van der Waals surface area contributed by atoms with Gasteiger partial charge in [0.25, 0.3) is 0 Å². The second kappa shape index (κ2) is 4.42. The van der Waals surface area contributed by atoms with E-state index in [2.05, 4.69) is 4.74 Å². The molecule has 0 radical (unpaired) electrons. The van der Waals surface area contributed by atoms with E-state index in [1.807, 2.05) is 0 Å². The van der Waals surface area contributed by atoms with E-state index < -0.39 is 18.4 Å². The van der Waals surface area contributed by atoms with Crippen molar-refractivity contribution in [3.05, 3.63) is 23.8 Å². The minimum absolute atomic E-state index is 0.115. The Morgan fingerprint density at radius 2 is 1.88 bits per heavy atom. The summed E-state index contributed by atoms with van der Waals surface area (Å²) in [5.41, 5.74) is 0.115. The van der Waals surface area contributed by atoms with Gasteiger partial charge in [-0.05, 0) is 18.2 Å². The Labute approximate surface area is 94.5 Å². The van der Waals surface area contributed by atoms with Gasteiger partial charge in [0.2, 0.25) is 0 Å². The predicted molar refractivity (Wildman–Crippen MR) is 49.4 cm³/mol. The maximum Gasteiger partial charge on any atom is 0.573 e. The van der Waals surface area contributed by atoms with Gasteiger partial charge in [0.05, 0.1) is 18.8 Å². The predicted octanol–water partition coefficient (Wildman–Crippen LogP) is 2.34. The standard InChI is InChI=1S/C10H9F3O4/c11-10(12,13)17-6-1-2-8(14)7(5-6)9-15-3-4-16-9/h1-2,5,9,14H,3-4H2. The minimum Gasteiger partial charge on any atom is -0.507 e. The van der Waals surface area contributed by atoms with E-state index in [9.17, 15) is 18.3 Å². The molecule has 0 saturated carbocycles. The van der Waals surface area contributed by atoms with Crippen LogP contribution in [0.3, 0.4) is 0 Å². The Hall–Kier alpha value is -1.47. The van der Waals surface area contributed by atoms with Crippen molar-refractivity contribution in [3.8, 4) is 11.5 Å². The van der Waals surface area contributed by atoms with Crippen LogP contribution in [-0.4, -0.2) is 24.7 Å². The molecule has 1 aliphatic rings. The van der Waals surface area contributed by atoms with Gasteiger partial charge < -0.3 is 19.3 Å². The molecule has 1 aromatic rings. The van der Waals surface area contributed by atoms with Crippen LogP contribution in [0.25, 0.3) is 0 Å². The normalized spacial score (nSPS) is 17.4. The van der Waals surface area contributed by atoms with Crippen molar-refractivity contribution < 1.29 is 32.5 Å². The number of rotatable bonds is 2. The second-order valence-corrected chi connectivity index (χ2v) is 3.34. The zero-order valence-corrected chi connectivity index (χ0v) is 8.53. The van der Waals surface area contributed by atoms with E-state index in [0.717, 1.165) is 18.2 Å². The first-order valence-electron chi connectivity index (χ1n) is 4.77. The third kappa shape index (κ3) is 3.01. The molecule has 0 bridgehead atoms. The number of halogens is 3. The highest BCUT2D eigenvalue weighted by Crippen LogP contribution is 2.34. The van der Waals surface area contributed by atoms with E-state index in [0.29, 0.717) is 13.2 Å². The summed E-state index contributed by atoms with van der Waals surface area (Å²) in [5.74, 6) is -0.629. The summed E-state index contributed by atoms with van der Waals surface area (Å²) in [5, 5.41) is 9.50. The second-order valence-electron chi connectivity index (χ2n) is 3.34. The molecule has 4 nitrogen and oxygen atoms in total. The fourth-order valence-corrected chi connectivity index (χ4v) is 1.46. The Balaban J connectivity index is 2.22. The molecule has 1 aromatic carbocycles. The van der Waals surface area contributed by atoms with E-state index in [1.165, 1.54) is 0 Å². The third-order valence-corrected chi connectivity index (χ3v) is 2.11. The summed E-state index contributed by atoms with van der Waals surface area (Å²) < 4.78 is 49.9. The van der Waals surface area contributed by atoms with Crippen molar-refractivity contribution in [2.75, 3.05) is 13.2 Å². The average molecular weight is 250 g/mol. The first kappa shape index (κ1) is 12.0. The third-order valence-electron chi connectivity index (χ3n) is 2.11. The van der Waals surface area contributed by atoms with Gasteiger partial charge in [-0.25, -0.2) is 0 Å². The molecule has 2 rings (SSSR count). The maximum atomic E-state index is 12.0. The molecular weight excluding hydrogens is 241 g/mol. The molecule has 0 aliphatic carbocycles. The van der Waals surface area contributed by atoms with Gasteiger partial charge in [-0.15, -0.1) is 13.2 Å². The molecule has 0 atom stereocenters. The highest BCUT2D eigenvalue weighted by atomic mass is 19.4. The summed E-state index contributed by atoms with van der Waals surface area (Å²) in [4.78, 5) is 0. The zero-order valence-electron chi connectivity index (χ0n) is 8.53. The van der Waals surface area contributed by atoms with Crippen LogP contribution in [0.2, 0.25) is 0 Å². The average Bonchev–Trinajstić information content (AvgIpc) is 2.72. The lowest BCUT2D eigenvalue weighted by Gasteiger charge is -2.14. The summed E-state index contributed by atoms with van der Waals surface area (Å²) in [6, 6.07) is 3.15. The molecule has 94 valence electrons. The fourth-order valence-electron chi connectivity index (χ4n) is 1.46. The van der Waals surface area contributed by atoms with Crippen LogP contribution in [0.15, 0.2) is 18.2 Å². The van der Waals surface area contributed by atoms with Crippen LogP contribution in [0.1, 0.15) is 11.9 Å². The number of ether oxygens (including phenoxy) is 3. The van der Waals surface area contributed by atoms with Crippen molar-refractivity contribution in [1.29, 1.82) is 0 Å². The van der Waals surface area contributed by atoms with Crippen LogP contribution in [0.4, 0.5) is 13.2 Å². The summed E-state index contributed by atoms with van der Waals surface area (Å²) in [7, 11) is 0. The number of alkyl halides is 3. The van der Waals surface area contributed by atoms with Crippen molar-refractivity contribution in [1.82, 2.24) is 0 Å². The minimum atomic E-state index is -4.77. The molecule has 0 unspecified atom stereocenters. The number of benzene rings is 1. The smallest absolute Gasteiger partial charge is 0.507 e. The molecule has 1 aliphatic heterocycles. The lowest BCUT2D eigenvalue weighted by Crippen LogP contribution is -2.17. The van der Waals surface area contributed by atoms with Crippen LogP contribution < -0.4 is 4.74 Å². The van der Waals surface area contributed by atoms with Crippen LogP contribution >= 0.6 is 0 Å². The van der Waals surface area contributed by atoms with E-state index in [-0.39, 0.29) is 11.3 Å². The van der Waals surface area contributed by atoms with Crippen molar-refractivity contribution >= 4 is 0 Å². The molecular formula is C10H9F3O4. The molecule has 0 amide bonds. The zero-order chi connectivity index (χ0) is 12.5. The largest absolute Gasteiger partial charge is 0.573 e. The lowest BCUT2D eigenvalue weighted by atomic mass is 10.2. The molecule has 1 saturated heterocycles. The van der Waals surface area contributed by atoms with Crippen LogP contribution in [-0.2, 0) is 9.47 Å². The van der Waals surface area contributed by atoms with Gasteiger partial charge in [-0.1, -0.05) is 0 Å². The number of hydrogen-bond donors (Lipinski definition) is 1. The van der Waals surface area contributed by atoms with Crippen molar-refractivity contribution in [3.63, 3.8) is 0 Å². The van der Waals surface area contributed by atoms with Crippen molar-refractivity contribution in [2.45, 2.75) is 12.7 Å². The van der Waals surface area contributed by atoms with E-state index >= 15 is 0 Å². The summed E-state index contributed by atoms with van der Waals surface area (Å²) in [6.45, 7) is 0.656.